The number of nitrogens with zero attached hydrogens (tertiary/aromatic N) is 1. The van der Waals surface area contributed by atoms with E-state index in [1.807, 2.05) is 12.4 Å². The number of unbranched alkanes of at least 4 members (excludes halogenated alkanes) is 1. The number of benzene rings is 1. The fourth-order valence-electron chi connectivity index (χ4n) is 2.54. The molecule has 3 nitrogen and oxygen atoms in total. The molecular formula is C17H25N3. The maximum Gasteiger partial charge on any atom is 0.123 e. The van der Waals surface area contributed by atoms with Gasteiger partial charge in [-0.15, -0.1) is 0 Å². The first-order valence-electron chi connectivity index (χ1n) is 7.65. The van der Waals surface area contributed by atoms with E-state index in [2.05, 4.69) is 59.5 Å². The summed E-state index contributed by atoms with van der Waals surface area (Å²) in [5, 5.41) is 3.76. The molecule has 2 N–H and O–H groups in total. The maximum absolute atomic E-state index is 4.40. The largest absolute Gasteiger partial charge is 0.347 e. The fourth-order valence-corrected chi connectivity index (χ4v) is 2.54. The highest BCUT2D eigenvalue weighted by molar-refractivity contribution is 5.19. The van der Waals surface area contributed by atoms with E-state index in [-0.39, 0.29) is 6.04 Å². The molecular weight excluding hydrogens is 246 g/mol. The summed E-state index contributed by atoms with van der Waals surface area (Å²) in [6.45, 7) is 4.44. The van der Waals surface area contributed by atoms with Crippen LogP contribution >= 0.6 is 0 Å². The molecule has 0 saturated carbocycles. The lowest BCUT2D eigenvalue weighted by atomic mass is 9.99. The Hall–Kier alpha value is -1.61. The molecule has 0 amide bonds. The highest BCUT2D eigenvalue weighted by atomic mass is 15.0. The van der Waals surface area contributed by atoms with E-state index in [9.17, 15) is 0 Å². The number of hydrogen-bond donors (Lipinski definition) is 2. The summed E-state index contributed by atoms with van der Waals surface area (Å²) >= 11 is 0. The van der Waals surface area contributed by atoms with Gasteiger partial charge in [-0.05, 0) is 18.4 Å². The summed E-state index contributed by atoms with van der Waals surface area (Å²) in [4.78, 5) is 7.62. The van der Waals surface area contributed by atoms with Gasteiger partial charge in [0, 0.05) is 18.4 Å². The molecule has 0 saturated heterocycles. The van der Waals surface area contributed by atoms with Gasteiger partial charge in [-0.25, -0.2) is 4.98 Å². The molecule has 20 heavy (non-hydrogen) atoms. The molecule has 0 spiro atoms. The van der Waals surface area contributed by atoms with Gasteiger partial charge in [-0.1, -0.05) is 57.0 Å². The van der Waals surface area contributed by atoms with Crippen molar-refractivity contribution < 1.29 is 0 Å². The minimum atomic E-state index is 0.284. The van der Waals surface area contributed by atoms with Crippen LogP contribution in [-0.4, -0.2) is 9.97 Å². The third-order valence-electron chi connectivity index (χ3n) is 3.71. The van der Waals surface area contributed by atoms with Crippen molar-refractivity contribution in [1.82, 2.24) is 15.3 Å². The van der Waals surface area contributed by atoms with E-state index in [0.29, 0.717) is 6.04 Å². The highest BCUT2D eigenvalue weighted by Gasteiger charge is 2.18. The van der Waals surface area contributed by atoms with Crippen LogP contribution in [-0.2, 0) is 0 Å². The van der Waals surface area contributed by atoms with E-state index in [1.165, 1.54) is 18.4 Å². The zero-order chi connectivity index (χ0) is 14.2. The molecule has 2 atom stereocenters. The molecule has 1 aromatic heterocycles. The third kappa shape index (κ3) is 3.94. The Morgan fingerprint density at radius 2 is 1.95 bits per heavy atom. The van der Waals surface area contributed by atoms with Crippen LogP contribution < -0.4 is 5.32 Å². The Bertz CT molecular complexity index is 464. The molecule has 2 rings (SSSR count). The van der Waals surface area contributed by atoms with Crippen LogP contribution in [0.25, 0.3) is 0 Å². The first-order valence-corrected chi connectivity index (χ1v) is 7.65. The molecule has 1 aromatic carbocycles. The molecule has 2 unspecified atom stereocenters. The van der Waals surface area contributed by atoms with E-state index < -0.39 is 0 Å². The van der Waals surface area contributed by atoms with E-state index in [4.69, 9.17) is 0 Å². The van der Waals surface area contributed by atoms with Crippen LogP contribution in [0.3, 0.4) is 0 Å². The predicted molar refractivity (Wildman–Crippen MR) is 83.5 cm³/mol. The van der Waals surface area contributed by atoms with Gasteiger partial charge in [0.25, 0.3) is 0 Å². The second kappa shape index (κ2) is 7.85. The molecule has 0 radical (unpaired) electrons. The van der Waals surface area contributed by atoms with Crippen LogP contribution in [0.1, 0.15) is 63.0 Å². The zero-order valence-corrected chi connectivity index (χ0v) is 12.5. The van der Waals surface area contributed by atoms with Crippen LogP contribution in [0.2, 0.25) is 0 Å². The summed E-state index contributed by atoms with van der Waals surface area (Å²) < 4.78 is 0. The second-order valence-corrected chi connectivity index (χ2v) is 5.21. The third-order valence-corrected chi connectivity index (χ3v) is 3.71. The van der Waals surface area contributed by atoms with Crippen molar-refractivity contribution in [1.29, 1.82) is 0 Å². The first kappa shape index (κ1) is 14.8. The topological polar surface area (TPSA) is 40.7 Å². The van der Waals surface area contributed by atoms with Crippen molar-refractivity contribution in [2.24, 2.45) is 0 Å². The van der Waals surface area contributed by atoms with Crippen molar-refractivity contribution in [2.75, 3.05) is 0 Å². The first-order chi connectivity index (χ1) is 9.85. The molecule has 0 aliphatic rings. The number of nitrogens with one attached hydrogen (secondary N) is 2. The van der Waals surface area contributed by atoms with Crippen molar-refractivity contribution in [2.45, 2.75) is 51.6 Å². The quantitative estimate of drug-likeness (QED) is 0.748. The average Bonchev–Trinajstić information content (AvgIpc) is 3.03. The van der Waals surface area contributed by atoms with Crippen LogP contribution in [0.15, 0.2) is 42.7 Å². The Morgan fingerprint density at radius 3 is 2.55 bits per heavy atom. The Morgan fingerprint density at radius 1 is 1.15 bits per heavy atom. The number of imidazole rings is 1. The number of H-pyrrole nitrogens is 1. The lowest BCUT2D eigenvalue weighted by molar-refractivity contribution is 0.396. The minimum absolute atomic E-state index is 0.284. The molecule has 2 aromatic rings. The molecule has 108 valence electrons. The monoisotopic (exact) mass is 271 g/mol. The summed E-state index contributed by atoms with van der Waals surface area (Å²) in [5.74, 6) is 1.03. The SMILES string of the molecule is CCCCC(NC(CC)c1ncc[nH]1)c1ccccc1. The van der Waals surface area contributed by atoms with Gasteiger partial charge in [-0.2, -0.15) is 0 Å². The van der Waals surface area contributed by atoms with Crippen molar-refractivity contribution in [3.05, 3.63) is 54.1 Å². The number of aromatic amines is 1. The van der Waals surface area contributed by atoms with Crippen LogP contribution in [0.5, 0.6) is 0 Å². The molecule has 0 fully saturated rings. The van der Waals surface area contributed by atoms with Gasteiger partial charge in [0.15, 0.2) is 0 Å². The number of rotatable bonds is 8. The van der Waals surface area contributed by atoms with Gasteiger partial charge in [-0.3, -0.25) is 0 Å². The standard InChI is InChI=1S/C17H25N3/c1-3-5-11-16(14-9-7-6-8-10-14)20-15(4-2)17-18-12-13-19-17/h6-10,12-13,15-16,20H,3-5,11H2,1-2H3,(H,18,19). The molecule has 3 heteroatoms. The summed E-state index contributed by atoms with van der Waals surface area (Å²) in [7, 11) is 0. The highest BCUT2D eigenvalue weighted by Crippen LogP contribution is 2.24. The average molecular weight is 271 g/mol. The lowest BCUT2D eigenvalue weighted by Gasteiger charge is -2.24. The van der Waals surface area contributed by atoms with E-state index in [1.54, 1.807) is 0 Å². The van der Waals surface area contributed by atoms with Gasteiger partial charge in [0.1, 0.15) is 5.82 Å². The van der Waals surface area contributed by atoms with E-state index in [0.717, 1.165) is 18.7 Å². The Labute approximate surface area is 121 Å². The van der Waals surface area contributed by atoms with Crippen molar-refractivity contribution in [3.8, 4) is 0 Å². The van der Waals surface area contributed by atoms with Crippen LogP contribution in [0.4, 0.5) is 0 Å². The van der Waals surface area contributed by atoms with Crippen molar-refractivity contribution in [3.63, 3.8) is 0 Å². The summed E-state index contributed by atoms with van der Waals surface area (Å²) in [6.07, 6.45) is 8.37. The second-order valence-electron chi connectivity index (χ2n) is 5.21. The van der Waals surface area contributed by atoms with Gasteiger partial charge in [0.2, 0.25) is 0 Å². The molecule has 0 aliphatic heterocycles. The minimum Gasteiger partial charge on any atom is -0.347 e. The normalized spacial score (nSPS) is 14.1. The fraction of sp³-hybridized carbons (Fsp3) is 0.471. The predicted octanol–water partition coefficient (Wildman–Crippen LogP) is 4.38. The maximum atomic E-state index is 4.40. The van der Waals surface area contributed by atoms with Gasteiger partial charge < -0.3 is 10.3 Å². The smallest absolute Gasteiger partial charge is 0.123 e. The van der Waals surface area contributed by atoms with Gasteiger partial charge in [0.05, 0.1) is 6.04 Å². The number of hydrogen-bond acceptors (Lipinski definition) is 2. The molecule has 1 heterocycles. The lowest BCUT2D eigenvalue weighted by Crippen LogP contribution is -2.27. The summed E-state index contributed by atoms with van der Waals surface area (Å²) in [6, 6.07) is 11.4. The van der Waals surface area contributed by atoms with Crippen LogP contribution in [0, 0.1) is 0 Å². The summed E-state index contributed by atoms with van der Waals surface area (Å²) in [5.41, 5.74) is 1.37. The van der Waals surface area contributed by atoms with Gasteiger partial charge >= 0.3 is 0 Å². The zero-order valence-electron chi connectivity index (χ0n) is 12.5. The Kier molecular flexibility index (Phi) is 5.81. The van der Waals surface area contributed by atoms with Crippen molar-refractivity contribution >= 4 is 0 Å². The Balaban J connectivity index is 2.10. The molecule has 0 bridgehead atoms. The van der Waals surface area contributed by atoms with E-state index >= 15 is 0 Å². The molecule has 0 aliphatic carbocycles. The number of aromatic nitrogens is 2.